The van der Waals surface area contributed by atoms with Gasteiger partial charge in [0.1, 0.15) is 6.04 Å². The third-order valence-corrected chi connectivity index (χ3v) is 3.21. The van der Waals surface area contributed by atoms with Gasteiger partial charge in [-0.2, -0.15) is 0 Å². The Morgan fingerprint density at radius 1 is 1.24 bits per heavy atom. The average molecular weight is 292 g/mol. The van der Waals surface area contributed by atoms with Gasteiger partial charge in [-0.25, -0.2) is 4.79 Å². The maximum atomic E-state index is 12.2. The summed E-state index contributed by atoms with van der Waals surface area (Å²) in [5.74, 6) is -0.229. The Morgan fingerprint density at radius 3 is 2.48 bits per heavy atom. The summed E-state index contributed by atoms with van der Waals surface area (Å²) in [6.45, 7) is 8.20. The molecule has 1 unspecified atom stereocenters. The highest BCUT2D eigenvalue weighted by atomic mass is 16.5. The van der Waals surface area contributed by atoms with Gasteiger partial charge in [0, 0.05) is 6.54 Å². The van der Waals surface area contributed by atoms with Crippen molar-refractivity contribution in [2.45, 2.75) is 40.3 Å². The number of aryl methyl sites for hydroxylation is 1. The molecule has 21 heavy (non-hydrogen) atoms. The summed E-state index contributed by atoms with van der Waals surface area (Å²) in [6.07, 6.45) is -0.567. The first kappa shape index (κ1) is 17.0. The number of ether oxygens (including phenoxy) is 1. The van der Waals surface area contributed by atoms with Crippen LogP contribution in [0.4, 0.5) is 4.79 Å². The summed E-state index contributed by atoms with van der Waals surface area (Å²) in [7, 11) is 0. The second kappa shape index (κ2) is 8.29. The van der Waals surface area contributed by atoms with Gasteiger partial charge in [0.15, 0.2) is 0 Å². The Labute approximate surface area is 126 Å². The van der Waals surface area contributed by atoms with Crippen molar-refractivity contribution in [1.29, 1.82) is 0 Å². The number of nitrogens with one attached hydrogen (secondary N) is 2. The van der Waals surface area contributed by atoms with Crippen LogP contribution in [0.2, 0.25) is 0 Å². The van der Waals surface area contributed by atoms with Crippen LogP contribution in [0, 0.1) is 12.8 Å². The van der Waals surface area contributed by atoms with Crippen molar-refractivity contribution < 1.29 is 14.3 Å². The van der Waals surface area contributed by atoms with Gasteiger partial charge in [-0.3, -0.25) is 4.79 Å². The van der Waals surface area contributed by atoms with E-state index in [1.165, 1.54) is 0 Å². The molecular formula is C16H24N2O3. The summed E-state index contributed by atoms with van der Waals surface area (Å²) in [6, 6.07) is 7.26. The van der Waals surface area contributed by atoms with Crippen molar-refractivity contribution in [3.8, 4) is 0 Å². The molecule has 2 amide bonds. The van der Waals surface area contributed by atoms with E-state index in [2.05, 4.69) is 10.6 Å². The van der Waals surface area contributed by atoms with Gasteiger partial charge in [-0.05, 0) is 30.9 Å². The van der Waals surface area contributed by atoms with Crippen LogP contribution < -0.4 is 10.6 Å². The zero-order valence-corrected chi connectivity index (χ0v) is 13.1. The molecule has 0 spiro atoms. The fourth-order valence-electron chi connectivity index (χ4n) is 1.94. The van der Waals surface area contributed by atoms with E-state index in [4.69, 9.17) is 4.74 Å². The lowest BCUT2D eigenvalue weighted by molar-refractivity contribution is -0.124. The summed E-state index contributed by atoms with van der Waals surface area (Å²) >= 11 is 0. The maximum absolute atomic E-state index is 12.2. The van der Waals surface area contributed by atoms with Gasteiger partial charge >= 0.3 is 6.09 Å². The average Bonchev–Trinajstić information content (AvgIpc) is 2.43. The summed E-state index contributed by atoms with van der Waals surface area (Å²) < 4.78 is 4.82. The molecule has 0 aliphatic carbocycles. The Kier molecular flexibility index (Phi) is 6.72. The smallest absolute Gasteiger partial charge is 0.407 e. The first-order valence-corrected chi connectivity index (χ1v) is 7.21. The number of hydrogen-bond acceptors (Lipinski definition) is 3. The molecule has 5 heteroatoms. The summed E-state index contributed by atoms with van der Waals surface area (Å²) in [5.41, 5.74) is 2.18. The molecule has 0 saturated heterocycles. The van der Waals surface area contributed by atoms with Gasteiger partial charge in [-0.15, -0.1) is 0 Å². The summed E-state index contributed by atoms with van der Waals surface area (Å²) in [5, 5.41) is 5.45. The molecule has 1 atom stereocenters. The molecular weight excluding hydrogens is 268 g/mol. The van der Waals surface area contributed by atoms with Crippen LogP contribution in [0.15, 0.2) is 24.3 Å². The molecule has 1 aromatic rings. The van der Waals surface area contributed by atoms with Gasteiger partial charge in [0.25, 0.3) is 0 Å². The third kappa shape index (κ3) is 5.45. The molecule has 0 fully saturated rings. The molecule has 116 valence electrons. The number of rotatable bonds is 6. The van der Waals surface area contributed by atoms with Crippen molar-refractivity contribution in [3.05, 3.63) is 35.4 Å². The Morgan fingerprint density at radius 2 is 1.90 bits per heavy atom. The predicted molar refractivity (Wildman–Crippen MR) is 81.8 cm³/mol. The Balaban J connectivity index is 2.61. The molecule has 2 N–H and O–H groups in total. The minimum absolute atomic E-state index is 0.0220. The molecule has 0 saturated carbocycles. The minimum Gasteiger partial charge on any atom is -0.450 e. The van der Waals surface area contributed by atoms with Crippen LogP contribution in [-0.2, 0) is 16.1 Å². The van der Waals surface area contributed by atoms with Gasteiger partial charge in [0.05, 0.1) is 6.61 Å². The topological polar surface area (TPSA) is 67.4 Å². The van der Waals surface area contributed by atoms with Crippen LogP contribution in [0.3, 0.4) is 0 Å². The zero-order valence-electron chi connectivity index (χ0n) is 13.1. The number of alkyl carbamates (subject to hydrolysis) is 1. The molecule has 0 aromatic heterocycles. The highest BCUT2D eigenvalue weighted by molar-refractivity contribution is 5.85. The van der Waals surface area contributed by atoms with E-state index in [0.29, 0.717) is 6.54 Å². The molecule has 0 radical (unpaired) electrons. The molecule has 0 bridgehead atoms. The lowest BCUT2D eigenvalue weighted by Gasteiger charge is -2.21. The van der Waals surface area contributed by atoms with Crippen molar-refractivity contribution >= 4 is 12.0 Å². The van der Waals surface area contributed by atoms with E-state index >= 15 is 0 Å². The zero-order chi connectivity index (χ0) is 15.8. The van der Waals surface area contributed by atoms with Crippen molar-refractivity contribution in [1.82, 2.24) is 10.6 Å². The SMILES string of the molecule is CCOC(=O)NC(C(=O)NCc1ccccc1C)C(C)C. The molecule has 5 nitrogen and oxygen atoms in total. The van der Waals surface area contributed by atoms with Crippen molar-refractivity contribution in [2.75, 3.05) is 6.61 Å². The van der Waals surface area contributed by atoms with E-state index in [1.54, 1.807) is 6.92 Å². The molecule has 1 aromatic carbocycles. The largest absolute Gasteiger partial charge is 0.450 e. The van der Waals surface area contributed by atoms with Crippen molar-refractivity contribution in [3.63, 3.8) is 0 Å². The monoisotopic (exact) mass is 292 g/mol. The van der Waals surface area contributed by atoms with E-state index in [0.717, 1.165) is 11.1 Å². The van der Waals surface area contributed by atoms with Gasteiger partial charge < -0.3 is 15.4 Å². The number of benzene rings is 1. The predicted octanol–water partition coefficient (Wildman–Crippen LogP) is 2.38. The van der Waals surface area contributed by atoms with Crippen LogP contribution in [0.25, 0.3) is 0 Å². The molecule has 1 rings (SSSR count). The fourth-order valence-corrected chi connectivity index (χ4v) is 1.94. The maximum Gasteiger partial charge on any atom is 0.407 e. The Bertz CT molecular complexity index is 486. The highest BCUT2D eigenvalue weighted by Crippen LogP contribution is 2.07. The molecule has 0 aliphatic rings. The standard InChI is InChI=1S/C16H24N2O3/c1-5-21-16(20)18-14(11(2)3)15(19)17-10-13-9-7-6-8-12(13)4/h6-9,11,14H,5,10H2,1-4H3,(H,17,19)(H,18,20). The Hall–Kier alpha value is -2.04. The minimum atomic E-state index is -0.604. The summed E-state index contributed by atoms with van der Waals surface area (Å²) in [4.78, 5) is 23.7. The van der Waals surface area contributed by atoms with Crippen LogP contribution in [0.5, 0.6) is 0 Å². The van der Waals surface area contributed by atoms with Crippen LogP contribution >= 0.6 is 0 Å². The van der Waals surface area contributed by atoms with Gasteiger partial charge in [0.2, 0.25) is 5.91 Å². The van der Waals surface area contributed by atoms with Crippen LogP contribution in [-0.4, -0.2) is 24.6 Å². The lowest BCUT2D eigenvalue weighted by Crippen LogP contribution is -2.49. The van der Waals surface area contributed by atoms with E-state index in [-0.39, 0.29) is 18.4 Å². The number of carbonyl (C=O) groups excluding carboxylic acids is 2. The first-order chi connectivity index (χ1) is 9.95. The second-order valence-electron chi connectivity index (χ2n) is 5.23. The fraction of sp³-hybridized carbons (Fsp3) is 0.500. The number of hydrogen-bond donors (Lipinski definition) is 2. The quantitative estimate of drug-likeness (QED) is 0.846. The number of amides is 2. The lowest BCUT2D eigenvalue weighted by atomic mass is 10.0. The van der Waals surface area contributed by atoms with Gasteiger partial charge in [-0.1, -0.05) is 38.1 Å². The third-order valence-electron chi connectivity index (χ3n) is 3.21. The molecule has 0 heterocycles. The van der Waals surface area contributed by atoms with Crippen LogP contribution in [0.1, 0.15) is 31.9 Å². The van der Waals surface area contributed by atoms with E-state index in [9.17, 15) is 9.59 Å². The normalized spacial score (nSPS) is 11.9. The van der Waals surface area contributed by atoms with E-state index in [1.807, 2.05) is 45.0 Å². The molecule has 0 aliphatic heterocycles. The first-order valence-electron chi connectivity index (χ1n) is 7.21. The number of carbonyl (C=O) groups is 2. The van der Waals surface area contributed by atoms with E-state index < -0.39 is 12.1 Å². The second-order valence-corrected chi connectivity index (χ2v) is 5.23. The highest BCUT2D eigenvalue weighted by Gasteiger charge is 2.24. The van der Waals surface area contributed by atoms with Crippen molar-refractivity contribution in [2.24, 2.45) is 5.92 Å².